The molecule has 24 heavy (non-hydrogen) atoms. The van der Waals surface area contributed by atoms with Crippen molar-refractivity contribution in [3.05, 3.63) is 29.3 Å². The summed E-state index contributed by atoms with van der Waals surface area (Å²) < 4.78 is 11.0. The molecule has 3 amide bonds. The third-order valence-corrected chi connectivity index (χ3v) is 4.48. The predicted octanol–water partition coefficient (Wildman–Crippen LogP) is 0.839. The second-order valence-corrected chi connectivity index (χ2v) is 6.10. The first-order chi connectivity index (χ1) is 11.5. The van der Waals surface area contributed by atoms with Crippen molar-refractivity contribution in [1.29, 1.82) is 0 Å². The zero-order valence-corrected chi connectivity index (χ0v) is 13.7. The Hall–Kier alpha value is -2.32. The summed E-state index contributed by atoms with van der Waals surface area (Å²) in [6, 6.07) is 4.78. The molecule has 0 bridgehead atoms. The van der Waals surface area contributed by atoms with Gasteiger partial charge in [-0.05, 0) is 19.1 Å². The monoisotopic (exact) mass is 335 g/mol. The molecule has 1 aromatic rings. The fraction of sp³-hybridized carbons (Fsp3) is 0.500. The van der Waals surface area contributed by atoms with Gasteiger partial charge in [-0.2, -0.15) is 0 Å². The van der Waals surface area contributed by atoms with E-state index in [4.69, 9.17) is 14.7 Å². The van der Waals surface area contributed by atoms with Gasteiger partial charge in [0.1, 0.15) is 12.4 Å². The van der Waals surface area contributed by atoms with Gasteiger partial charge in [-0.1, -0.05) is 6.07 Å². The number of hydrogen-bond acceptors (Lipinski definition) is 5. The highest BCUT2D eigenvalue weighted by molar-refractivity contribution is 5.93. The van der Waals surface area contributed by atoms with Crippen molar-refractivity contribution in [2.75, 3.05) is 26.8 Å². The van der Waals surface area contributed by atoms with Gasteiger partial charge >= 0.3 is 6.03 Å². The average Bonchev–Trinajstić information content (AvgIpc) is 2.72. The number of carbonyl (C=O) groups is 2. The predicted molar refractivity (Wildman–Crippen MR) is 84.0 cm³/mol. The molecule has 0 saturated carbocycles. The van der Waals surface area contributed by atoms with E-state index in [0.717, 1.165) is 5.56 Å². The quantitative estimate of drug-likeness (QED) is 0.617. The van der Waals surface area contributed by atoms with E-state index in [2.05, 4.69) is 0 Å². The highest BCUT2D eigenvalue weighted by atomic mass is 16.5. The van der Waals surface area contributed by atoms with Crippen LogP contribution in [0.3, 0.4) is 0 Å². The third kappa shape index (κ3) is 3.02. The lowest BCUT2D eigenvalue weighted by Gasteiger charge is -2.42. The van der Waals surface area contributed by atoms with Gasteiger partial charge < -0.3 is 19.3 Å². The number of urea groups is 1. The Morgan fingerprint density at radius 3 is 2.79 bits per heavy atom. The normalized spacial score (nSPS) is 20.5. The Kier molecular flexibility index (Phi) is 4.59. The fourth-order valence-corrected chi connectivity index (χ4v) is 2.85. The molecule has 2 N–H and O–H groups in total. The van der Waals surface area contributed by atoms with Crippen LogP contribution in [0, 0.1) is 0 Å². The number of fused-ring (bicyclic) bond motifs is 1. The number of benzene rings is 1. The molecule has 0 unspecified atom stereocenters. The Morgan fingerprint density at radius 2 is 2.12 bits per heavy atom. The van der Waals surface area contributed by atoms with Gasteiger partial charge in [-0.15, -0.1) is 0 Å². The Labute approximate surface area is 139 Å². The zero-order valence-electron chi connectivity index (χ0n) is 13.7. The van der Waals surface area contributed by atoms with Crippen molar-refractivity contribution in [3.8, 4) is 5.75 Å². The van der Waals surface area contributed by atoms with Crippen molar-refractivity contribution < 1.29 is 24.3 Å². The molecule has 0 aliphatic carbocycles. The standard InChI is InChI=1S/C16H21N3O5/c1-10-9-24-14-5-11(15(20)17-22)3-4-12(14)6-19(10)16(21)18-7-13(8-18)23-2/h3-5,10,13,22H,6-9H2,1-2H3,(H,17,20)/t10-/m0/s1. The van der Waals surface area contributed by atoms with E-state index < -0.39 is 5.91 Å². The number of likely N-dealkylation sites (tertiary alicyclic amines) is 1. The fourth-order valence-electron chi connectivity index (χ4n) is 2.85. The molecule has 2 aliphatic rings. The Morgan fingerprint density at radius 1 is 1.38 bits per heavy atom. The average molecular weight is 335 g/mol. The van der Waals surface area contributed by atoms with Crippen LogP contribution in [0.2, 0.25) is 0 Å². The lowest BCUT2D eigenvalue weighted by atomic mass is 10.1. The lowest BCUT2D eigenvalue weighted by molar-refractivity contribution is -0.0190. The van der Waals surface area contributed by atoms with Crippen LogP contribution in [0.15, 0.2) is 18.2 Å². The molecule has 8 heteroatoms. The largest absolute Gasteiger partial charge is 0.491 e. The number of rotatable bonds is 2. The van der Waals surface area contributed by atoms with Crippen molar-refractivity contribution >= 4 is 11.9 Å². The van der Waals surface area contributed by atoms with Crippen molar-refractivity contribution in [1.82, 2.24) is 15.3 Å². The van der Waals surface area contributed by atoms with Gasteiger partial charge in [-0.25, -0.2) is 10.3 Å². The summed E-state index contributed by atoms with van der Waals surface area (Å²) in [7, 11) is 1.64. The maximum Gasteiger partial charge on any atom is 0.320 e. The SMILES string of the molecule is COC1CN(C(=O)N2Cc3ccc(C(=O)NO)cc3OC[C@@H]2C)C1. The summed E-state index contributed by atoms with van der Waals surface area (Å²) in [6.07, 6.45) is 0.110. The summed E-state index contributed by atoms with van der Waals surface area (Å²) in [5, 5.41) is 8.73. The van der Waals surface area contributed by atoms with E-state index >= 15 is 0 Å². The second kappa shape index (κ2) is 6.66. The maximum absolute atomic E-state index is 12.7. The summed E-state index contributed by atoms with van der Waals surface area (Å²) >= 11 is 0. The van der Waals surface area contributed by atoms with E-state index in [1.807, 2.05) is 6.92 Å². The highest BCUT2D eigenvalue weighted by Gasteiger charge is 2.36. The topological polar surface area (TPSA) is 91.3 Å². The molecule has 1 aromatic carbocycles. The van der Waals surface area contributed by atoms with Crippen molar-refractivity contribution in [2.24, 2.45) is 0 Å². The first-order valence-electron chi connectivity index (χ1n) is 7.82. The molecular formula is C16H21N3O5. The molecular weight excluding hydrogens is 314 g/mol. The first kappa shape index (κ1) is 16.5. The molecule has 0 aromatic heterocycles. The number of nitrogens with one attached hydrogen (secondary N) is 1. The Balaban J connectivity index is 1.77. The van der Waals surface area contributed by atoms with Gasteiger partial charge in [-0.3, -0.25) is 10.0 Å². The van der Waals surface area contributed by atoms with Crippen LogP contribution >= 0.6 is 0 Å². The van der Waals surface area contributed by atoms with Crippen LogP contribution in [0.1, 0.15) is 22.8 Å². The number of carbonyl (C=O) groups excluding carboxylic acids is 2. The Bertz CT molecular complexity index is 645. The third-order valence-electron chi connectivity index (χ3n) is 4.48. The van der Waals surface area contributed by atoms with Gasteiger partial charge in [0.05, 0.1) is 31.8 Å². The van der Waals surface area contributed by atoms with E-state index in [1.54, 1.807) is 40.6 Å². The van der Waals surface area contributed by atoms with Crippen molar-refractivity contribution in [3.63, 3.8) is 0 Å². The molecule has 2 aliphatic heterocycles. The molecule has 1 atom stereocenters. The van der Waals surface area contributed by atoms with Crippen molar-refractivity contribution in [2.45, 2.75) is 25.6 Å². The smallest absolute Gasteiger partial charge is 0.320 e. The van der Waals surface area contributed by atoms with Crippen LogP contribution in [0.4, 0.5) is 4.79 Å². The van der Waals surface area contributed by atoms with E-state index in [9.17, 15) is 9.59 Å². The van der Waals surface area contributed by atoms with Crippen LogP contribution in [0.5, 0.6) is 5.75 Å². The molecule has 8 nitrogen and oxygen atoms in total. The van der Waals surface area contributed by atoms with E-state index in [0.29, 0.717) is 37.6 Å². The van der Waals surface area contributed by atoms with E-state index in [1.165, 1.54) is 0 Å². The highest BCUT2D eigenvalue weighted by Crippen LogP contribution is 2.28. The number of hydrogen-bond donors (Lipinski definition) is 2. The number of methoxy groups -OCH3 is 1. The minimum Gasteiger partial charge on any atom is -0.491 e. The molecule has 0 spiro atoms. The van der Waals surface area contributed by atoms with Gasteiger partial charge in [0, 0.05) is 18.2 Å². The molecule has 130 valence electrons. The zero-order chi connectivity index (χ0) is 17.3. The maximum atomic E-state index is 12.7. The van der Waals surface area contributed by atoms with Gasteiger partial charge in [0.2, 0.25) is 0 Å². The molecule has 0 radical (unpaired) electrons. The van der Waals surface area contributed by atoms with E-state index in [-0.39, 0.29) is 18.2 Å². The number of hydroxylamine groups is 1. The lowest BCUT2D eigenvalue weighted by Crippen LogP contribution is -2.59. The molecule has 2 heterocycles. The van der Waals surface area contributed by atoms with Crippen LogP contribution in [-0.4, -0.2) is 65.9 Å². The van der Waals surface area contributed by atoms with Crippen LogP contribution in [-0.2, 0) is 11.3 Å². The molecule has 1 fully saturated rings. The second-order valence-electron chi connectivity index (χ2n) is 6.10. The van der Waals surface area contributed by atoms with Crippen LogP contribution < -0.4 is 10.2 Å². The number of nitrogens with zero attached hydrogens (tertiary/aromatic N) is 2. The summed E-state index contributed by atoms with van der Waals surface area (Å²) in [5.41, 5.74) is 2.73. The minimum absolute atomic E-state index is 0.0376. The number of ether oxygens (including phenoxy) is 2. The molecule has 3 rings (SSSR count). The summed E-state index contributed by atoms with van der Waals surface area (Å²) in [5.74, 6) is -0.0468. The summed E-state index contributed by atoms with van der Waals surface area (Å²) in [6.45, 7) is 3.87. The molecule has 1 saturated heterocycles. The van der Waals surface area contributed by atoms with Gasteiger partial charge in [0.15, 0.2) is 0 Å². The summed E-state index contributed by atoms with van der Waals surface area (Å²) in [4.78, 5) is 27.7. The number of amides is 3. The van der Waals surface area contributed by atoms with Gasteiger partial charge in [0.25, 0.3) is 5.91 Å². The van der Waals surface area contributed by atoms with Crippen LogP contribution in [0.25, 0.3) is 0 Å². The first-order valence-corrected chi connectivity index (χ1v) is 7.82. The minimum atomic E-state index is -0.599.